The van der Waals surface area contributed by atoms with Crippen molar-refractivity contribution in [3.63, 3.8) is 0 Å². The van der Waals surface area contributed by atoms with Crippen molar-refractivity contribution in [2.24, 2.45) is 0 Å². The van der Waals surface area contributed by atoms with Crippen molar-refractivity contribution in [2.75, 3.05) is 25.9 Å². The van der Waals surface area contributed by atoms with Gasteiger partial charge in [-0.2, -0.15) is 5.10 Å². The highest BCUT2D eigenvalue weighted by molar-refractivity contribution is 5.85. The lowest BCUT2D eigenvalue weighted by Crippen LogP contribution is -2.44. The van der Waals surface area contributed by atoms with Gasteiger partial charge >= 0.3 is 0 Å². The van der Waals surface area contributed by atoms with Crippen LogP contribution in [0.1, 0.15) is 12.8 Å². The van der Waals surface area contributed by atoms with E-state index in [2.05, 4.69) is 28.4 Å². The predicted octanol–water partition coefficient (Wildman–Crippen LogP) is 2.50. The summed E-state index contributed by atoms with van der Waals surface area (Å²) in [5, 5.41) is 8.74. The Morgan fingerprint density at radius 3 is 2.74 bits per heavy atom. The Bertz CT molecular complexity index is 956. The number of nitrogens with one attached hydrogen (secondary N) is 1. The van der Waals surface area contributed by atoms with Crippen LogP contribution < -0.4 is 11.1 Å². The second-order valence-electron chi connectivity index (χ2n) is 7.37. The molecule has 0 unspecified atom stereocenters. The van der Waals surface area contributed by atoms with Gasteiger partial charge in [0.25, 0.3) is 0 Å². The molecule has 1 aromatic heterocycles. The van der Waals surface area contributed by atoms with Gasteiger partial charge in [0, 0.05) is 23.3 Å². The Morgan fingerprint density at radius 1 is 1.19 bits per heavy atom. The third kappa shape index (κ3) is 4.11. The van der Waals surface area contributed by atoms with Gasteiger partial charge in [-0.1, -0.05) is 24.3 Å². The highest BCUT2D eigenvalue weighted by atomic mass is 16.2. The number of amides is 1. The van der Waals surface area contributed by atoms with Gasteiger partial charge in [0.1, 0.15) is 6.54 Å². The van der Waals surface area contributed by atoms with Crippen molar-refractivity contribution in [1.29, 1.82) is 0 Å². The topological polar surface area (TPSA) is 76.2 Å². The van der Waals surface area contributed by atoms with Crippen LogP contribution in [-0.4, -0.2) is 46.8 Å². The number of fused-ring (bicyclic) bond motifs is 1. The number of hydrogen-bond donors (Lipinski definition) is 2. The minimum Gasteiger partial charge on any atom is -0.399 e. The number of nitrogens with two attached hydrogens (primary N) is 1. The Labute approximate surface area is 159 Å². The number of benzene rings is 2. The number of rotatable bonds is 4. The molecule has 4 rings (SSSR count). The van der Waals surface area contributed by atoms with E-state index in [0.29, 0.717) is 0 Å². The zero-order chi connectivity index (χ0) is 18.8. The number of piperidine rings is 1. The van der Waals surface area contributed by atoms with Gasteiger partial charge in [0.2, 0.25) is 5.91 Å². The molecule has 3 N–H and O–H groups in total. The lowest BCUT2D eigenvalue weighted by atomic mass is 10.0. The number of anilines is 1. The monoisotopic (exact) mass is 363 g/mol. The number of nitrogens with zero attached hydrogens (tertiary/aromatic N) is 3. The quantitative estimate of drug-likeness (QED) is 0.699. The summed E-state index contributed by atoms with van der Waals surface area (Å²) in [5.41, 5.74) is 9.63. The third-order valence-corrected chi connectivity index (χ3v) is 5.16. The van der Waals surface area contributed by atoms with Crippen LogP contribution in [0.4, 0.5) is 5.69 Å². The largest absolute Gasteiger partial charge is 0.399 e. The molecule has 2 aromatic carbocycles. The van der Waals surface area contributed by atoms with E-state index in [4.69, 9.17) is 5.73 Å². The highest BCUT2D eigenvalue weighted by Gasteiger charge is 2.18. The van der Waals surface area contributed by atoms with Crippen LogP contribution in [-0.2, 0) is 11.3 Å². The van der Waals surface area contributed by atoms with Gasteiger partial charge in [-0.15, -0.1) is 0 Å². The maximum absolute atomic E-state index is 12.4. The van der Waals surface area contributed by atoms with Crippen molar-refractivity contribution in [1.82, 2.24) is 20.0 Å². The zero-order valence-corrected chi connectivity index (χ0v) is 15.6. The minimum absolute atomic E-state index is 0.0217. The Kier molecular flexibility index (Phi) is 4.81. The van der Waals surface area contributed by atoms with E-state index in [9.17, 15) is 4.79 Å². The van der Waals surface area contributed by atoms with Crippen LogP contribution in [0.3, 0.4) is 0 Å². The molecule has 3 aromatic rings. The van der Waals surface area contributed by atoms with E-state index < -0.39 is 0 Å². The first-order valence-electron chi connectivity index (χ1n) is 9.38. The summed E-state index contributed by atoms with van der Waals surface area (Å²) in [5.74, 6) is 0.0217. The summed E-state index contributed by atoms with van der Waals surface area (Å²) in [6.45, 7) is 2.31. The second-order valence-corrected chi connectivity index (χ2v) is 7.37. The summed E-state index contributed by atoms with van der Waals surface area (Å²) in [7, 11) is 2.12. The molecule has 0 spiro atoms. The first-order chi connectivity index (χ1) is 13.1. The van der Waals surface area contributed by atoms with Gasteiger partial charge in [-0.3, -0.25) is 9.48 Å². The third-order valence-electron chi connectivity index (χ3n) is 5.16. The molecule has 1 aliphatic rings. The SMILES string of the molecule is CN1CCC(NC(=O)Cn2cc3ccc(-c4cccc(N)c4)cc3n2)CC1. The number of hydrogen-bond acceptors (Lipinski definition) is 4. The molecule has 1 fully saturated rings. The molecule has 2 heterocycles. The molecule has 1 saturated heterocycles. The highest BCUT2D eigenvalue weighted by Crippen LogP contribution is 2.25. The van der Waals surface area contributed by atoms with Gasteiger partial charge in [0.05, 0.1) is 5.52 Å². The van der Waals surface area contributed by atoms with E-state index in [1.165, 1.54) is 0 Å². The van der Waals surface area contributed by atoms with E-state index in [-0.39, 0.29) is 18.5 Å². The first kappa shape index (κ1) is 17.5. The number of carbonyl (C=O) groups excluding carboxylic acids is 1. The maximum atomic E-state index is 12.4. The standard InChI is InChI=1S/C21H25N5O/c1-25-9-7-19(8-10-25)23-21(27)14-26-13-17-6-5-16(12-20(17)24-26)15-3-2-4-18(22)11-15/h2-6,11-13,19H,7-10,14,22H2,1H3,(H,23,27). The van der Waals surface area contributed by atoms with Crippen LogP contribution in [0.25, 0.3) is 22.0 Å². The molecule has 0 saturated carbocycles. The maximum Gasteiger partial charge on any atom is 0.241 e. The number of nitrogen functional groups attached to an aromatic ring is 1. The summed E-state index contributed by atoms with van der Waals surface area (Å²) in [6, 6.07) is 14.2. The number of likely N-dealkylation sites (tertiary alicyclic amines) is 1. The normalized spacial score (nSPS) is 15.9. The molecule has 6 nitrogen and oxygen atoms in total. The van der Waals surface area contributed by atoms with E-state index in [0.717, 1.165) is 53.6 Å². The van der Waals surface area contributed by atoms with Crippen molar-refractivity contribution in [3.8, 4) is 11.1 Å². The Balaban J connectivity index is 1.46. The molecule has 0 aliphatic carbocycles. The molecule has 27 heavy (non-hydrogen) atoms. The van der Waals surface area contributed by atoms with Gasteiger partial charge in [0.15, 0.2) is 0 Å². The minimum atomic E-state index is 0.0217. The summed E-state index contributed by atoms with van der Waals surface area (Å²) in [4.78, 5) is 14.7. The number of carbonyl (C=O) groups is 1. The fourth-order valence-electron chi connectivity index (χ4n) is 3.62. The van der Waals surface area contributed by atoms with E-state index >= 15 is 0 Å². The van der Waals surface area contributed by atoms with E-state index in [1.807, 2.05) is 42.6 Å². The number of aromatic nitrogens is 2. The lowest BCUT2D eigenvalue weighted by molar-refractivity contribution is -0.122. The molecular formula is C21H25N5O. The fraction of sp³-hybridized carbons (Fsp3) is 0.333. The van der Waals surface area contributed by atoms with Gasteiger partial charge < -0.3 is 16.0 Å². The van der Waals surface area contributed by atoms with Crippen LogP contribution in [0.2, 0.25) is 0 Å². The van der Waals surface area contributed by atoms with Crippen molar-refractivity contribution in [3.05, 3.63) is 48.7 Å². The molecular weight excluding hydrogens is 338 g/mol. The van der Waals surface area contributed by atoms with Gasteiger partial charge in [-0.25, -0.2) is 0 Å². The molecule has 0 atom stereocenters. The van der Waals surface area contributed by atoms with Crippen molar-refractivity contribution in [2.45, 2.75) is 25.4 Å². The summed E-state index contributed by atoms with van der Waals surface area (Å²) < 4.78 is 1.72. The van der Waals surface area contributed by atoms with Crippen LogP contribution >= 0.6 is 0 Å². The summed E-state index contributed by atoms with van der Waals surface area (Å²) in [6.07, 6.45) is 3.94. The molecule has 0 radical (unpaired) electrons. The van der Waals surface area contributed by atoms with E-state index in [1.54, 1.807) is 4.68 Å². The fourth-order valence-corrected chi connectivity index (χ4v) is 3.62. The molecule has 0 bridgehead atoms. The average molecular weight is 363 g/mol. The van der Waals surface area contributed by atoms with Crippen LogP contribution in [0, 0.1) is 0 Å². The van der Waals surface area contributed by atoms with Crippen molar-refractivity contribution >= 4 is 22.5 Å². The first-order valence-corrected chi connectivity index (χ1v) is 9.38. The van der Waals surface area contributed by atoms with Crippen LogP contribution in [0.15, 0.2) is 48.7 Å². The predicted molar refractivity (Wildman–Crippen MR) is 108 cm³/mol. The van der Waals surface area contributed by atoms with Crippen molar-refractivity contribution < 1.29 is 4.79 Å². The smallest absolute Gasteiger partial charge is 0.241 e. The average Bonchev–Trinajstić information content (AvgIpc) is 3.04. The Morgan fingerprint density at radius 2 is 1.96 bits per heavy atom. The molecule has 140 valence electrons. The zero-order valence-electron chi connectivity index (χ0n) is 15.6. The van der Waals surface area contributed by atoms with Crippen LogP contribution in [0.5, 0.6) is 0 Å². The van der Waals surface area contributed by atoms with Gasteiger partial charge in [-0.05, 0) is 62.3 Å². The molecule has 1 aliphatic heterocycles. The summed E-state index contributed by atoms with van der Waals surface area (Å²) >= 11 is 0. The second kappa shape index (κ2) is 7.40. The molecule has 1 amide bonds. The lowest BCUT2D eigenvalue weighted by Gasteiger charge is -2.29. The Hall–Kier alpha value is -2.86. The molecule has 6 heteroatoms.